The molecular formula is C27H25FO3. The van der Waals surface area contributed by atoms with E-state index >= 15 is 0 Å². The van der Waals surface area contributed by atoms with Gasteiger partial charge >= 0.3 is 0 Å². The van der Waals surface area contributed by atoms with E-state index in [-0.39, 0.29) is 22.9 Å². The van der Waals surface area contributed by atoms with Crippen molar-refractivity contribution in [3.05, 3.63) is 101 Å². The summed E-state index contributed by atoms with van der Waals surface area (Å²) >= 11 is 0. The van der Waals surface area contributed by atoms with Crippen molar-refractivity contribution in [2.24, 2.45) is 0 Å². The van der Waals surface area contributed by atoms with Crippen molar-refractivity contribution in [2.45, 2.75) is 20.3 Å². The summed E-state index contributed by atoms with van der Waals surface area (Å²) in [5.74, 6) is -0.125. The summed E-state index contributed by atoms with van der Waals surface area (Å²) in [5, 5.41) is 10.3. The highest BCUT2D eigenvalue weighted by molar-refractivity contribution is 6.08. The van der Waals surface area contributed by atoms with E-state index in [0.717, 1.165) is 27.8 Å². The fourth-order valence-electron chi connectivity index (χ4n) is 3.17. The van der Waals surface area contributed by atoms with Gasteiger partial charge in [0.2, 0.25) is 0 Å². The van der Waals surface area contributed by atoms with Crippen LogP contribution in [0.2, 0.25) is 0 Å². The maximum Gasteiger partial charge on any atom is 0.189 e. The normalized spacial score (nSPS) is 10.8. The molecule has 1 N–H and O–H groups in total. The third-order valence-corrected chi connectivity index (χ3v) is 4.91. The molecule has 3 nitrogen and oxygen atoms in total. The molecule has 0 amide bonds. The highest BCUT2D eigenvalue weighted by Crippen LogP contribution is 2.30. The molecule has 158 valence electrons. The van der Waals surface area contributed by atoms with Crippen LogP contribution in [0.15, 0.2) is 78.4 Å². The first-order chi connectivity index (χ1) is 14.9. The second kappa shape index (κ2) is 9.90. The van der Waals surface area contributed by atoms with E-state index in [4.69, 9.17) is 4.74 Å². The van der Waals surface area contributed by atoms with E-state index in [1.54, 1.807) is 24.3 Å². The van der Waals surface area contributed by atoms with Crippen molar-refractivity contribution in [2.75, 3.05) is 7.11 Å². The molecule has 4 heteroatoms. The number of phenols is 1. The van der Waals surface area contributed by atoms with Crippen LogP contribution in [0.1, 0.15) is 35.3 Å². The van der Waals surface area contributed by atoms with Crippen LogP contribution in [-0.2, 0) is 6.42 Å². The molecule has 0 atom stereocenters. The largest absolute Gasteiger partial charge is 0.507 e. The fourth-order valence-corrected chi connectivity index (χ4v) is 3.17. The lowest BCUT2D eigenvalue weighted by Crippen LogP contribution is -1.99. The Morgan fingerprint density at radius 3 is 2.19 bits per heavy atom. The van der Waals surface area contributed by atoms with Gasteiger partial charge in [-0.1, -0.05) is 54.1 Å². The minimum Gasteiger partial charge on any atom is -0.507 e. The summed E-state index contributed by atoms with van der Waals surface area (Å²) < 4.78 is 18.4. The number of phenolic OH excluding ortho intramolecular Hbond substituents is 1. The average Bonchev–Trinajstić information content (AvgIpc) is 2.77. The van der Waals surface area contributed by atoms with Gasteiger partial charge in [-0.2, -0.15) is 0 Å². The molecular weight excluding hydrogens is 391 g/mol. The Hall–Kier alpha value is -3.66. The number of halogens is 1. The third kappa shape index (κ3) is 5.70. The molecule has 0 fully saturated rings. The topological polar surface area (TPSA) is 46.5 Å². The highest BCUT2D eigenvalue weighted by atomic mass is 19.1. The van der Waals surface area contributed by atoms with E-state index in [1.165, 1.54) is 31.4 Å². The Bertz CT molecular complexity index is 1120. The molecule has 0 saturated carbocycles. The lowest BCUT2D eigenvalue weighted by molar-refractivity contribution is 0.104. The van der Waals surface area contributed by atoms with Crippen molar-refractivity contribution in [1.29, 1.82) is 0 Å². The standard InChI is InChI=1S/C27H25FO3/c1-18(2)4-8-22-16-24(26(30)17-27(22)31-3)25(29)15-7-19-5-9-20(10-6-19)21-11-13-23(28)14-12-21/h4-7,9-17,30H,8H2,1-3H3/b15-7+. The summed E-state index contributed by atoms with van der Waals surface area (Å²) in [4.78, 5) is 12.7. The van der Waals surface area contributed by atoms with Crippen LogP contribution in [0.25, 0.3) is 17.2 Å². The van der Waals surface area contributed by atoms with Gasteiger partial charge in [-0.05, 0) is 66.8 Å². The number of hydrogen-bond donors (Lipinski definition) is 1. The molecule has 0 unspecified atom stereocenters. The Balaban J connectivity index is 1.79. The molecule has 31 heavy (non-hydrogen) atoms. The minimum atomic E-state index is -0.291. The molecule has 0 aliphatic rings. The zero-order chi connectivity index (χ0) is 22.4. The Morgan fingerprint density at radius 2 is 1.61 bits per heavy atom. The van der Waals surface area contributed by atoms with Crippen LogP contribution in [0.5, 0.6) is 11.5 Å². The first-order valence-corrected chi connectivity index (χ1v) is 9.99. The number of aromatic hydroxyl groups is 1. The van der Waals surface area contributed by atoms with Gasteiger partial charge in [-0.3, -0.25) is 4.79 Å². The maximum atomic E-state index is 13.1. The SMILES string of the molecule is COc1cc(O)c(C(=O)/C=C/c2ccc(-c3ccc(F)cc3)cc2)cc1CC=C(C)C. The molecule has 0 saturated heterocycles. The van der Waals surface area contributed by atoms with Gasteiger partial charge in [0.25, 0.3) is 0 Å². The second-order valence-corrected chi connectivity index (χ2v) is 7.49. The smallest absolute Gasteiger partial charge is 0.189 e. The first kappa shape index (κ1) is 22.0. The van der Waals surface area contributed by atoms with Crippen LogP contribution in [-0.4, -0.2) is 18.0 Å². The van der Waals surface area contributed by atoms with Crippen molar-refractivity contribution < 1.29 is 19.0 Å². The Morgan fingerprint density at radius 1 is 1.00 bits per heavy atom. The number of allylic oxidation sites excluding steroid dienone is 3. The molecule has 0 bridgehead atoms. The first-order valence-electron chi connectivity index (χ1n) is 9.99. The predicted molar refractivity (Wildman–Crippen MR) is 123 cm³/mol. The van der Waals surface area contributed by atoms with Gasteiger partial charge in [-0.25, -0.2) is 4.39 Å². The lowest BCUT2D eigenvalue weighted by Gasteiger charge is -2.10. The second-order valence-electron chi connectivity index (χ2n) is 7.49. The number of ether oxygens (including phenoxy) is 1. The van der Waals surface area contributed by atoms with Crippen molar-refractivity contribution in [3.8, 4) is 22.6 Å². The van der Waals surface area contributed by atoms with Gasteiger partial charge in [0.05, 0.1) is 12.7 Å². The molecule has 0 radical (unpaired) electrons. The molecule has 0 spiro atoms. The number of methoxy groups -OCH3 is 1. The Labute approximate surface area is 182 Å². The van der Waals surface area contributed by atoms with Crippen LogP contribution in [0, 0.1) is 5.82 Å². The fraction of sp³-hybridized carbons (Fsp3) is 0.148. The number of rotatable bonds is 7. The maximum absolute atomic E-state index is 13.1. The number of carbonyl (C=O) groups is 1. The lowest BCUT2D eigenvalue weighted by atomic mass is 10.0. The van der Waals surface area contributed by atoms with E-state index in [9.17, 15) is 14.3 Å². The third-order valence-electron chi connectivity index (χ3n) is 4.91. The highest BCUT2D eigenvalue weighted by Gasteiger charge is 2.14. The minimum absolute atomic E-state index is 0.112. The summed E-state index contributed by atoms with van der Waals surface area (Å²) in [6, 6.07) is 17.1. The van der Waals surface area contributed by atoms with Gasteiger partial charge in [0.1, 0.15) is 17.3 Å². The zero-order valence-corrected chi connectivity index (χ0v) is 17.9. The summed E-state index contributed by atoms with van der Waals surface area (Å²) in [6.45, 7) is 4.01. The zero-order valence-electron chi connectivity index (χ0n) is 17.9. The molecule has 0 aliphatic heterocycles. The molecule has 0 aliphatic carbocycles. The Kier molecular flexibility index (Phi) is 7.03. The van der Waals surface area contributed by atoms with E-state index in [2.05, 4.69) is 0 Å². The van der Waals surface area contributed by atoms with Crippen molar-refractivity contribution in [3.63, 3.8) is 0 Å². The van der Waals surface area contributed by atoms with Gasteiger partial charge in [0, 0.05) is 6.07 Å². The number of hydrogen-bond acceptors (Lipinski definition) is 3. The van der Waals surface area contributed by atoms with Gasteiger partial charge < -0.3 is 9.84 Å². The molecule has 3 rings (SSSR count). The quantitative estimate of drug-likeness (QED) is 0.268. The van der Waals surface area contributed by atoms with Crippen LogP contribution >= 0.6 is 0 Å². The summed E-state index contributed by atoms with van der Waals surface area (Å²) in [6.07, 6.45) is 5.80. The molecule has 3 aromatic carbocycles. The van der Waals surface area contributed by atoms with Crippen LogP contribution < -0.4 is 4.74 Å². The molecule has 0 heterocycles. The monoisotopic (exact) mass is 416 g/mol. The van der Waals surface area contributed by atoms with Crippen LogP contribution in [0.4, 0.5) is 4.39 Å². The number of benzene rings is 3. The molecule has 0 aromatic heterocycles. The number of carbonyl (C=O) groups excluding carboxylic acids is 1. The number of ketones is 1. The summed E-state index contributed by atoms with van der Waals surface area (Å²) in [7, 11) is 1.54. The van der Waals surface area contributed by atoms with E-state index in [1.807, 2.05) is 44.2 Å². The predicted octanol–water partition coefficient (Wildman–Crippen LogP) is 6.61. The van der Waals surface area contributed by atoms with Gasteiger partial charge in [0.15, 0.2) is 5.78 Å². The van der Waals surface area contributed by atoms with Crippen molar-refractivity contribution >= 4 is 11.9 Å². The molecule has 3 aromatic rings. The van der Waals surface area contributed by atoms with Crippen LogP contribution in [0.3, 0.4) is 0 Å². The summed E-state index contributed by atoms with van der Waals surface area (Å²) in [5.41, 5.74) is 4.95. The average molecular weight is 416 g/mol. The van der Waals surface area contributed by atoms with E-state index in [0.29, 0.717) is 12.2 Å². The van der Waals surface area contributed by atoms with Gasteiger partial charge in [-0.15, -0.1) is 0 Å². The van der Waals surface area contributed by atoms with Crippen molar-refractivity contribution in [1.82, 2.24) is 0 Å². The van der Waals surface area contributed by atoms with E-state index < -0.39 is 0 Å².